The van der Waals surface area contributed by atoms with Gasteiger partial charge < -0.3 is 15.8 Å². The minimum absolute atomic E-state index is 0.112. The summed E-state index contributed by atoms with van der Waals surface area (Å²) in [5, 5.41) is 6.71. The fourth-order valence-corrected chi connectivity index (χ4v) is 1.53. The Balaban J connectivity index is 1.75. The molecule has 6 heteroatoms. The van der Waals surface area contributed by atoms with Gasteiger partial charge in [0.15, 0.2) is 0 Å². The molecule has 0 aliphatic rings. The molecule has 0 aliphatic carbocycles. The van der Waals surface area contributed by atoms with E-state index < -0.39 is 0 Å². The second-order valence-corrected chi connectivity index (χ2v) is 4.06. The Hall–Kier alpha value is -2.50. The zero-order valence-corrected chi connectivity index (χ0v) is 10.7. The van der Waals surface area contributed by atoms with E-state index in [0.717, 1.165) is 0 Å². The molecule has 0 spiro atoms. The molecule has 0 unspecified atom stereocenters. The first-order chi connectivity index (χ1) is 9.15. The van der Waals surface area contributed by atoms with Crippen LogP contribution in [0.5, 0.6) is 5.75 Å². The molecular weight excluding hydrogens is 244 g/mol. The molecule has 1 aromatic heterocycles. The Kier molecular flexibility index (Phi) is 4.02. The number of aromatic nitrogens is 2. The fourth-order valence-electron chi connectivity index (χ4n) is 1.53. The molecule has 2 aromatic rings. The topological polar surface area (TPSA) is 82.2 Å². The second kappa shape index (κ2) is 5.90. The van der Waals surface area contributed by atoms with Gasteiger partial charge in [0.25, 0.3) is 0 Å². The number of nitrogen functional groups attached to an aromatic ring is 1. The minimum atomic E-state index is -0.112. The number of amides is 1. The smallest absolute Gasteiger partial charge is 0.228 e. The quantitative estimate of drug-likeness (QED) is 0.796. The normalized spacial score (nSPS) is 10.2. The molecule has 0 bridgehead atoms. The van der Waals surface area contributed by atoms with Gasteiger partial charge in [-0.1, -0.05) is 0 Å². The number of ether oxygens (including phenoxy) is 1. The van der Waals surface area contributed by atoms with Crippen LogP contribution in [0.4, 0.5) is 11.5 Å². The molecule has 1 heterocycles. The second-order valence-electron chi connectivity index (χ2n) is 4.06. The van der Waals surface area contributed by atoms with E-state index in [4.69, 9.17) is 10.5 Å². The highest BCUT2D eigenvalue weighted by Crippen LogP contribution is 2.13. The van der Waals surface area contributed by atoms with Crippen molar-refractivity contribution < 1.29 is 9.53 Å². The molecule has 19 heavy (non-hydrogen) atoms. The van der Waals surface area contributed by atoms with Crippen molar-refractivity contribution in [3.63, 3.8) is 0 Å². The van der Waals surface area contributed by atoms with Crippen molar-refractivity contribution in [2.45, 2.75) is 6.42 Å². The molecule has 0 radical (unpaired) electrons. The largest absolute Gasteiger partial charge is 0.493 e. The van der Waals surface area contributed by atoms with Crippen LogP contribution in [0, 0.1) is 0 Å². The van der Waals surface area contributed by atoms with E-state index in [0.29, 0.717) is 23.9 Å². The van der Waals surface area contributed by atoms with Crippen molar-refractivity contribution in [2.24, 2.45) is 7.05 Å². The van der Waals surface area contributed by atoms with Crippen molar-refractivity contribution in [1.29, 1.82) is 0 Å². The van der Waals surface area contributed by atoms with E-state index in [-0.39, 0.29) is 12.3 Å². The molecule has 1 amide bonds. The summed E-state index contributed by atoms with van der Waals surface area (Å²) in [7, 11) is 1.76. The van der Waals surface area contributed by atoms with E-state index in [2.05, 4.69) is 10.4 Å². The van der Waals surface area contributed by atoms with Crippen molar-refractivity contribution in [1.82, 2.24) is 9.78 Å². The third-order valence-corrected chi connectivity index (χ3v) is 2.57. The average Bonchev–Trinajstić information content (AvgIpc) is 2.78. The zero-order chi connectivity index (χ0) is 13.7. The lowest BCUT2D eigenvalue weighted by Gasteiger charge is -2.07. The number of carbonyl (C=O) groups excluding carboxylic acids is 1. The Morgan fingerprint density at radius 3 is 2.74 bits per heavy atom. The number of rotatable bonds is 5. The molecule has 1 aromatic carbocycles. The van der Waals surface area contributed by atoms with Gasteiger partial charge in [-0.2, -0.15) is 5.10 Å². The number of nitrogens with one attached hydrogen (secondary N) is 1. The van der Waals surface area contributed by atoms with Gasteiger partial charge in [-0.05, 0) is 24.3 Å². The SMILES string of the molecule is Cn1nccc1NC(=O)CCOc1ccc(N)cc1. The van der Waals surface area contributed by atoms with E-state index in [9.17, 15) is 4.79 Å². The summed E-state index contributed by atoms with van der Waals surface area (Å²) < 4.78 is 7.04. The van der Waals surface area contributed by atoms with Crippen molar-refractivity contribution in [2.75, 3.05) is 17.7 Å². The van der Waals surface area contributed by atoms with Crippen LogP contribution >= 0.6 is 0 Å². The van der Waals surface area contributed by atoms with Crippen LogP contribution in [0.15, 0.2) is 36.5 Å². The van der Waals surface area contributed by atoms with Crippen LogP contribution in [0.3, 0.4) is 0 Å². The molecule has 6 nitrogen and oxygen atoms in total. The third kappa shape index (κ3) is 3.74. The average molecular weight is 260 g/mol. The van der Waals surface area contributed by atoms with Crippen LogP contribution in [-0.4, -0.2) is 22.3 Å². The van der Waals surface area contributed by atoms with E-state index in [1.807, 2.05) is 0 Å². The van der Waals surface area contributed by atoms with Gasteiger partial charge in [0.05, 0.1) is 19.2 Å². The number of nitrogens with two attached hydrogens (primary N) is 1. The summed E-state index contributed by atoms with van der Waals surface area (Å²) in [5.74, 6) is 1.25. The lowest BCUT2D eigenvalue weighted by molar-refractivity contribution is -0.116. The van der Waals surface area contributed by atoms with E-state index >= 15 is 0 Å². The van der Waals surface area contributed by atoms with Crippen LogP contribution < -0.4 is 15.8 Å². The predicted molar refractivity (Wildman–Crippen MR) is 72.8 cm³/mol. The lowest BCUT2D eigenvalue weighted by atomic mass is 10.3. The number of hydrogen-bond acceptors (Lipinski definition) is 4. The van der Waals surface area contributed by atoms with Gasteiger partial charge in [0, 0.05) is 18.8 Å². The van der Waals surface area contributed by atoms with E-state index in [1.54, 1.807) is 48.3 Å². The summed E-state index contributed by atoms with van der Waals surface area (Å²) in [5.41, 5.74) is 6.25. The summed E-state index contributed by atoms with van der Waals surface area (Å²) >= 11 is 0. The fraction of sp³-hybridized carbons (Fsp3) is 0.231. The van der Waals surface area contributed by atoms with Crippen LogP contribution in [0.1, 0.15) is 6.42 Å². The van der Waals surface area contributed by atoms with E-state index in [1.165, 1.54) is 0 Å². The molecule has 100 valence electrons. The Morgan fingerprint density at radius 1 is 1.37 bits per heavy atom. The van der Waals surface area contributed by atoms with Gasteiger partial charge in [0.2, 0.25) is 5.91 Å². The summed E-state index contributed by atoms with van der Waals surface area (Å²) in [4.78, 5) is 11.7. The number of anilines is 2. The van der Waals surface area contributed by atoms with Gasteiger partial charge in [0.1, 0.15) is 11.6 Å². The first-order valence-corrected chi connectivity index (χ1v) is 5.91. The highest BCUT2D eigenvalue weighted by atomic mass is 16.5. The monoisotopic (exact) mass is 260 g/mol. The molecule has 0 fully saturated rings. The highest BCUT2D eigenvalue weighted by Gasteiger charge is 2.05. The molecule has 0 saturated carbocycles. The van der Waals surface area contributed by atoms with Gasteiger partial charge in [-0.3, -0.25) is 9.48 Å². The Morgan fingerprint density at radius 2 is 2.11 bits per heavy atom. The van der Waals surface area contributed by atoms with Gasteiger partial charge in [-0.25, -0.2) is 0 Å². The number of carbonyl (C=O) groups is 1. The lowest BCUT2D eigenvalue weighted by Crippen LogP contribution is -2.17. The number of hydrogen-bond donors (Lipinski definition) is 2. The summed E-state index contributed by atoms with van der Waals surface area (Å²) in [6, 6.07) is 8.79. The first-order valence-electron chi connectivity index (χ1n) is 5.91. The Labute approximate surface area is 111 Å². The molecule has 2 rings (SSSR count). The standard InChI is InChI=1S/C13H16N4O2/c1-17-12(6-8-15-17)16-13(18)7-9-19-11-4-2-10(14)3-5-11/h2-6,8H,7,9,14H2,1H3,(H,16,18). The molecule has 0 atom stereocenters. The molecule has 3 N–H and O–H groups in total. The van der Waals surface area contributed by atoms with Gasteiger partial charge >= 0.3 is 0 Å². The Bertz CT molecular complexity index is 548. The number of aryl methyl sites for hydroxylation is 1. The number of benzene rings is 1. The highest BCUT2D eigenvalue weighted by molar-refractivity contribution is 5.89. The van der Waals surface area contributed by atoms with Crippen LogP contribution in [0.2, 0.25) is 0 Å². The van der Waals surface area contributed by atoms with Crippen molar-refractivity contribution >= 4 is 17.4 Å². The molecule has 0 aliphatic heterocycles. The van der Waals surface area contributed by atoms with Crippen molar-refractivity contribution in [3.05, 3.63) is 36.5 Å². The van der Waals surface area contributed by atoms with Crippen LogP contribution in [-0.2, 0) is 11.8 Å². The van der Waals surface area contributed by atoms with Gasteiger partial charge in [-0.15, -0.1) is 0 Å². The minimum Gasteiger partial charge on any atom is -0.493 e. The maximum Gasteiger partial charge on any atom is 0.228 e. The maximum absolute atomic E-state index is 11.7. The third-order valence-electron chi connectivity index (χ3n) is 2.57. The predicted octanol–water partition coefficient (Wildman–Crippen LogP) is 1.41. The van der Waals surface area contributed by atoms with Crippen LogP contribution in [0.25, 0.3) is 0 Å². The first kappa shape index (κ1) is 12.9. The summed E-state index contributed by atoms with van der Waals surface area (Å²) in [6.07, 6.45) is 1.90. The zero-order valence-electron chi connectivity index (χ0n) is 10.7. The molecule has 0 saturated heterocycles. The number of nitrogens with zero attached hydrogens (tertiary/aromatic N) is 2. The maximum atomic E-state index is 11.7. The van der Waals surface area contributed by atoms with Crippen molar-refractivity contribution in [3.8, 4) is 5.75 Å². The summed E-state index contributed by atoms with van der Waals surface area (Å²) in [6.45, 7) is 0.313. The molecular formula is C13H16N4O2.